The normalized spacial score (nSPS) is 35.1. The maximum absolute atomic E-state index is 15.2. The van der Waals surface area contributed by atoms with E-state index >= 15 is 9.59 Å². The number of hydrogen-bond donors (Lipinski definition) is 22. The van der Waals surface area contributed by atoms with Gasteiger partial charge >= 0.3 is 12.4 Å². The summed E-state index contributed by atoms with van der Waals surface area (Å²) >= 11 is 0. The predicted molar refractivity (Wildman–Crippen MR) is 344 cm³/mol. The third-order valence-electron chi connectivity index (χ3n) is 18.5. The highest BCUT2D eigenvalue weighted by atomic mass is 19.4. The molecule has 0 bridgehead atoms. The van der Waals surface area contributed by atoms with Crippen LogP contribution < -0.4 is 68.5 Å². The van der Waals surface area contributed by atoms with Crippen LogP contribution in [0.4, 0.5) is 26.3 Å². The second-order valence-corrected chi connectivity index (χ2v) is 26.7. The SMILES string of the molecule is CC(C)C[C@@H]1OC[C@H]2O[C@H](O[C@H]3[C@H](O)[C@H](O)[C@@H](Oc4ccc(C[C@H]5NC(=O)[C@H]([C@@H](C)c6ccccc6)NC(=O)CNC(=O)[C@H](CO)NC(=O)[C@@H]([C@@H](O)[C@@H]6CN=C(N)[NH+]6[C@H]6O[C@H](CO)[C@@H](O)[C@H](O)[C@@H]6O)NC(=O)[C@H]([C@@H](O)[C@@H]6CN=C(N)[NH2+]6)NC5=O)cc4)O[C@@H]3CO)[C@@H](O)[C@@H](O)[C@@H]2O1.O=C([O-])C(F)(F)F.O=C([O-])C(F)(F)F. The van der Waals surface area contributed by atoms with Crippen LogP contribution >= 0.6 is 0 Å². The van der Waals surface area contributed by atoms with Crippen molar-refractivity contribution >= 4 is 59.3 Å². The standard InChI is InChI=1S/C59H86N12O25.2C2HF3O2/c1-22(2)13-35-90-21-33-49(95-35)44(81)47(84)57(94-33)96-48-32(20-74)93-56(46(83)43(48)80)91-26-11-9-24(10-12-26)14-27-51(86)69-37(39(76)28-15-63-58(60)67-28)54(89)70-38(40(77)30-16-64-59(61)71(30)55-45(82)42(79)41(78)31(19-73)92-55)53(88)66-29(18-72)50(85)62-17-34(75)68-36(52(87)65-27)23(3)25-7-5-4-6-8-25;2*3-2(4,5)1(6)7/h4-12,22-23,27-33,35-49,55-57,72-74,76-84H,13-21H2,1-3H3,(H2,61,64)(H,62,85)(H,65,87)(H,66,88)(H,68,75)(H,69,86)(H,70,89)(H3,60,63,67);2*(H,6,7)/t23-,27+,28-,29-,30-,31+,32+,33+,35+,36-,37-,38+,39-,40-,41+,42-,43+,44+,45-,46-,47-,48+,49+,55-,56-,57+;;/m0../s1. The number of guanidine groups is 2. The van der Waals surface area contributed by atoms with Crippen LogP contribution in [0.2, 0.25) is 0 Å². The number of fused-ring (bicyclic) bond motifs is 1. The average Bonchev–Trinajstić information content (AvgIpc) is 1.60. The molecule has 0 radical (unpaired) electrons. The molecule has 7 aliphatic heterocycles. The molecular weight excluding hydrogens is 1500 g/mol. The second-order valence-electron chi connectivity index (χ2n) is 26.7. The number of ether oxygens (including phenoxy) is 7. The number of carboxylic acids is 2. The summed E-state index contributed by atoms with van der Waals surface area (Å²) in [5.41, 5.74) is 13.0. The fourth-order valence-electron chi connectivity index (χ4n) is 12.5. The maximum Gasteiger partial charge on any atom is 0.430 e. The summed E-state index contributed by atoms with van der Waals surface area (Å²) in [6, 6.07) is 1.43. The number of nitrogens with one attached hydrogen (secondary N) is 7. The van der Waals surface area contributed by atoms with Crippen molar-refractivity contribution in [3.05, 3.63) is 65.7 Å². The van der Waals surface area contributed by atoms with Gasteiger partial charge in [-0.25, -0.2) is 14.9 Å². The van der Waals surface area contributed by atoms with Crippen molar-refractivity contribution in [3.8, 4) is 5.75 Å². The third kappa shape index (κ3) is 22.5. The van der Waals surface area contributed by atoms with E-state index in [4.69, 9.17) is 64.4 Å². The Bertz CT molecular complexity index is 3500. The quantitative estimate of drug-likeness (QED) is 0.0616. The van der Waals surface area contributed by atoms with E-state index in [0.29, 0.717) is 12.0 Å². The lowest BCUT2D eigenvalue weighted by atomic mass is 9.92. The molecule has 27 atom stereocenters. The molecule has 7 heterocycles. The lowest BCUT2D eigenvalue weighted by molar-refractivity contribution is -0.895. The summed E-state index contributed by atoms with van der Waals surface area (Å²) in [5, 5.41) is 166. The fourth-order valence-corrected chi connectivity index (χ4v) is 12.5. The van der Waals surface area contributed by atoms with Crippen LogP contribution in [0.3, 0.4) is 0 Å². The first-order valence-electron chi connectivity index (χ1n) is 33.9. The number of aliphatic hydroxyl groups excluding tert-OH is 12. The van der Waals surface area contributed by atoms with Crippen LogP contribution in [0.15, 0.2) is 64.6 Å². The molecule has 616 valence electrons. The minimum atomic E-state index is -5.19. The van der Waals surface area contributed by atoms with Crippen LogP contribution in [0.1, 0.15) is 44.2 Å². The average molecular weight is 1590 g/mol. The summed E-state index contributed by atoms with van der Waals surface area (Å²) in [6.45, 7) is 0.966. The Hall–Kier alpha value is -8.28. The fraction of sp³-hybridized carbons (Fsp3) is 0.651. The molecule has 41 nitrogen and oxygen atoms in total. The Balaban J connectivity index is 0.00000109. The van der Waals surface area contributed by atoms with Crippen LogP contribution in [0.5, 0.6) is 5.75 Å². The Morgan fingerprint density at radius 2 is 1.21 bits per heavy atom. The van der Waals surface area contributed by atoms with E-state index in [1.54, 1.807) is 37.3 Å². The number of carboxylic acid groups (broad SMARTS) is 2. The monoisotopic (exact) mass is 1590 g/mol. The van der Waals surface area contributed by atoms with Gasteiger partial charge in [0.15, 0.2) is 18.7 Å². The number of benzene rings is 2. The van der Waals surface area contributed by atoms with Crippen molar-refractivity contribution in [3.63, 3.8) is 0 Å². The van der Waals surface area contributed by atoms with Crippen molar-refractivity contribution < 1.29 is 180 Å². The van der Waals surface area contributed by atoms with Gasteiger partial charge in [-0.15, -0.1) is 0 Å². The zero-order chi connectivity index (χ0) is 81.7. The van der Waals surface area contributed by atoms with Crippen molar-refractivity contribution in [1.29, 1.82) is 0 Å². The number of carbonyl (C=O) groups is 8. The number of quaternary nitrogens is 2. The molecule has 47 heteroatoms. The topological polar surface area (TPSA) is 660 Å². The number of alkyl halides is 6. The lowest BCUT2D eigenvalue weighted by Crippen LogP contribution is -3.25. The highest BCUT2D eigenvalue weighted by Crippen LogP contribution is 2.35. The van der Waals surface area contributed by atoms with E-state index in [9.17, 15) is 107 Å². The van der Waals surface area contributed by atoms with Crippen molar-refractivity contribution in [2.75, 3.05) is 46.1 Å². The molecule has 6 amide bonds. The van der Waals surface area contributed by atoms with Gasteiger partial charge in [0, 0.05) is 18.8 Å². The zero-order valence-electron chi connectivity index (χ0n) is 58.3. The summed E-state index contributed by atoms with van der Waals surface area (Å²) in [5.74, 6) is -14.4. The highest BCUT2D eigenvalue weighted by molar-refractivity contribution is 5.98. The van der Waals surface area contributed by atoms with Gasteiger partial charge in [-0.1, -0.05) is 63.2 Å². The highest BCUT2D eigenvalue weighted by Gasteiger charge is 2.57. The van der Waals surface area contributed by atoms with E-state index < -0.39 is 264 Å². The molecule has 7 aliphatic rings. The first kappa shape index (κ1) is 88.9. The van der Waals surface area contributed by atoms with Crippen LogP contribution in [-0.2, 0) is 73.2 Å². The lowest BCUT2D eigenvalue weighted by Gasteiger charge is -2.48. The Morgan fingerprint density at radius 3 is 1.78 bits per heavy atom. The largest absolute Gasteiger partial charge is 0.542 e. The van der Waals surface area contributed by atoms with E-state index in [1.165, 1.54) is 29.6 Å². The van der Waals surface area contributed by atoms with E-state index in [2.05, 4.69) is 41.9 Å². The maximum atomic E-state index is 15.2. The minimum Gasteiger partial charge on any atom is -0.542 e. The number of hydrogen-bond acceptors (Lipinski definition) is 33. The second kappa shape index (κ2) is 38.8. The van der Waals surface area contributed by atoms with Crippen molar-refractivity contribution in [1.82, 2.24) is 31.9 Å². The van der Waals surface area contributed by atoms with E-state index in [-0.39, 0.29) is 41.2 Å². The van der Waals surface area contributed by atoms with Gasteiger partial charge in [0.1, 0.15) is 152 Å². The molecule has 2 aromatic carbocycles. The summed E-state index contributed by atoms with van der Waals surface area (Å²) in [4.78, 5) is 113. The van der Waals surface area contributed by atoms with Crippen molar-refractivity contribution in [2.24, 2.45) is 27.4 Å². The number of aliphatic carboxylic acids is 2. The van der Waals surface area contributed by atoms with Gasteiger partial charge in [0.25, 0.3) is 11.9 Å². The van der Waals surface area contributed by atoms with Crippen molar-refractivity contribution in [2.45, 2.75) is 205 Å². The molecule has 9 rings (SSSR count). The summed E-state index contributed by atoms with van der Waals surface area (Å²) < 4.78 is 104. The predicted octanol–water partition coefficient (Wildman–Crippen LogP) is -15.0. The number of halogens is 6. The number of aliphatic imine (C=N–C) groups is 2. The van der Waals surface area contributed by atoms with Gasteiger partial charge in [-0.2, -0.15) is 26.3 Å². The van der Waals surface area contributed by atoms with E-state index in [1.807, 2.05) is 13.8 Å². The van der Waals surface area contributed by atoms with Gasteiger partial charge in [0.2, 0.25) is 48.0 Å². The van der Waals surface area contributed by atoms with Gasteiger partial charge in [-0.3, -0.25) is 34.1 Å². The van der Waals surface area contributed by atoms with Crippen LogP contribution in [-0.4, -0.2) is 332 Å². The molecule has 1 unspecified atom stereocenters. The Morgan fingerprint density at radius 1 is 0.636 bits per heavy atom. The molecule has 0 saturated carbocycles. The molecule has 110 heavy (non-hydrogen) atoms. The molecule has 5 fully saturated rings. The molecule has 5 saturated heterocycles. The molecule has 0 aromatic heterocycles. The molecular formula is C63H88F6N12O29. The minimum absolute atomic E-state index is 0.0332. The Kier molecular flexibility index (Phi) is 31.3. The number of amides is 6. The molecule has 25 N–H and O–H groups in total. The first-order chi connectivity index (χ1) is 51.6. The van der Waals surface area contributed by atoms with Gasteiger partial charge < -0.3 is 158 Å². The molecule has 0 aliphatic carbocycles. The van der Waals surface area contributed by atoms with Gasteiger partial charge in [-0.05, 0) is 29.2 Å². The molecule has 0 spiro atoms. The number of carbonyl (C=O) groups excluding carboxylic acids is 8. The summed E-state index contributed by atoms with van der Waals surface area (Å²) in [6.07, 6.45) is -39.6. The Labute approximate surface area is 618 Å². The zero-order valence-corrected chi connectivity index (χ0v) is 58.3. The number of aliphatic hydroxyl groups is 12. The number of rotatable bonds is 18. The third-order valence-corrected chi connectivity index (χ3v) is 18.5. The summed E-state index contributed by atoms with van der Waals surface area (Å²) in [7, 11) is 0. The molecule has 2 aromatic rings. The first-order valence-corrected chi connectivity index (χ1v) is 33.9. The van der Waals surface area contributed by atoms with E-state index in [0.717, 1.165) is 0 Å². The number of nitrogens with two attached hydrogens (primary N) is 3. The van der Waals surface area contributed by atoms with Crippen LogP contribution in [0.25, 0.3) is 0 Å². The van der Waals surface area contributed by atoms with Gasteiger partial charge in [0.05, 0.1) is 33.0 Å². The van der Waals surface area contributed by atoms with Crippen LogP contribution in [0, 0.1) is 5.92 Å². The number of nitrogens with zero attached hydrogens (tertiary/aromatic N) is 2. The smallest absolute Gasteiger partial charge is 0.430 e.